The van der Waals surface area contributed by atoms with Gasteiger partial charge in [-0.15, -0.1) is 0 Å². The maximum atomic E-state index is 13.1. The summed E-state index contributed by atoms with van der Waals surface area (Å²) in [6, 6.07) is 12.9. The summed E-state index contributed by atoms with van der Waals surface area (Å²) >= 11 is 9.26. The lowest BCUT2D eigenvalue weighted by Crippen LogP contribution is -2.33. The average molecular weight is 451 g/mol. The monoisotopic (exact) mass is 449 g/mol. The van der Waals surface area contributed by atoms with Gasteiger partial charge in [-0.05, 0) is 42.0 Å². The fourth-order valence-electron chi connectivity index (χ4n) is 3.24. The number of hydrogen-bond acceptors (Lipinski definition) is 4. The quantitative estimate of drug-likeness (QED) is 0.382. The fourth-order valence-corrected chi connectivity index (χ4v) is 3.63. The van der Waals surface area contributed by atoms with E-state index in [0.29, 0.717) is 10.6 Å². The molecular formula is C20H17BrClNO4. The molecule has 2 aromatic rings. The van der Waals surface area contributed by atoms with E-state index in [4.69, 9.17) is 16.3 Å². The molecule has 0 aromatic heterocycles. The lowest BCUT2D eigenvalue weighted by molar-refractivity contribution is -0.141. The predicted molar refractivity (Wildman–Crippen MR) is 105 cm³/mol. The zero-order valence-electron chi connectivity index (χ0n) is 14.5. The lowest BCUT2D eigenvalue weighted by Gasteiger charge is -2.27. The average Bonchev–Trinajstić information content (AvgIpc) is 2.91. The Morgan fingerprint density at radius 2 is 1.74 bits per heavy atom. The van der Waals surface area contributed by atoms with E-state index in [9.17, 15) is 14.4 Å². The van der Waals surface area contributed by atoms with Crippen molar-refractivity contribution in [3.05, 3.63) is 69.2 Å². The number of benzene rings is 2. The van der Waals surface area contributed by atoms with Crippen molar-refractivity contribution in [2.75, 3.05) is 20.3 Å². The first-order valence-corrected chi connectivity index (χ1v) is 9.50. The van der Waals surface area contributed by atoms with E-state index in [0.717, 1.165) is 10.0 Å². The van der Waals surface area contributed by atoms with Crippen LogP contribution in [0.15, 0.2) is 53.0 Å². The summed E-state index contributed by atoms with van der Waals surface area (Å²) < 4.78 is 5.94. The Morgan fingerprint density at radius 3 is 2.33 bits per heavy atom. The molecule has 1 fully saturated rings. The van der Waals surface area contributed by atoms with E-state index in [-0.39, 0.29) is 13.2 Å². The summed E-state index contributed by atoms with van der Waals surface area (Å²) in [5.74, 6) is -2.85. The first-order chi connectivity index (χ1) is 12.9. The van der Waals surface area contributed by atoms with E-state index in [1.165, 1.54) is 12.0 Å². The minimum atomic E-state index is -1.10. The highest BCUT2D eigenvalue weighted by Crippen LogP contribution is 2.38. The van der Waals surface area contributed by atoms with E-state index in [1.54, 1.807) is 24.3 Å². The molecule has 1 aliphatic rings. The number of rotatable bonds is 6. The number of halogens is 2. The molecule has 1 aliphatic heterocycles. The fraction of sp³-hybridized carbons (Fsp3) is 0.250. The van der Waals surface area contributed by atoms with Crippen LogP contribution in [0.1, 0.15) is 22.0 Å². The van der Waals surface area contributed by atoms with E-state index in [2.05, 4.69) is 15.9 Å². The largest absolute Gasteiger partial charge is 0.383 e. The van der Waals surface area contributed by atoms with Crippen LogP contribution in [0.5, 0.6) is 0 Å². The number of ketones is 2. The summed E-state index contributed by atoms with van der Waals surface area (Å²) in [5, 5.41) is 0.492. The van der Waals surface area contributed by atoms with Gasteiger partial charge < -0.3 is 9.64 Å². The third-order valence-electron chi connectivity index (χ3n) is 4.56. The van der Waals surface area contributed by atoms with Gasteiger partial charge in [0.25, 0.3) is 5.91 Å². The number of amides is 1. The molecule has 3 rings (SSSR count). The molecule has 2 atom stereocenters. The Balaban J connectivity index is 2.03. The van der Waals surface area contributed by atoms with Crippen LogP contribution in [0.4, 0.5) is 0 Å². The highest BCUT2D eigenvalue weighted by atomic mass is 79.9. The van der Waals surface area contributed by atoms with E-state index < -0.39 is 29.4 Å². The standard InChI is InChI=1S/C20H17BrClNO4/c1-27-11-10-23-17(12-2-6-14(21)7-3-12)16(19(25)20(23)26)18(24)13-4-8-15(22)9-5-13/h2-9,16-17H,10-11H2,1H3. The number of carbonyl (C=O) groups is 3. The van der Waals surface area contributed by atoms with Gasteiger partial charge in [0.2, 0.25) is 5.78 Å². The van der Waals surface area contributed by atoms with Gasteiger partial charge >= 0.3 is 0 Å². The minimum Gasteiger partial charge on any atom is -0.383 e. The third kappa shape index (κ3) is 3.98. The van der Waals surface area contributed by atoms with Gasteiger partial charge in [-0.3, -0.25) is 14.4 Å². The minimum absolute atomic E-state index is 0.228. The van der Waals surface area contributed by atoms with Crippen LogP contribution in [0.2, 0.25) is 5.02 Å². The molecule has 2 unspecified atom stereocenters. The van der Waals surface area contributed by atoms with Crippen molar-refractivity contribution >= 4 is 45.0 Å². The van der Waals surface area contributed by atoms with Gasteiger partial charge in [0, 0.05) is 28.7 Å². The van der Waals surface area contributed by atoms with Gasteiger partial charge in [-0.1, -0.05) is 39.7 Å². The van der Waals surface area contributed by atoms with Crippen molar-refractivity contribution in [2.45, 2.75) is 6.04 Å². The maximum Gasteiger partial charge on any atom is 0.291 e. The Labute approximate surface area is 170 Å². The molecule has 0 saturated carbocycles. The van der Waals surface area contributed by atoms with Gasteiger partial charge in [0.1, 0.15) is 5.92 Å². The normalized spacial score (nSPS) is 19.6. The van der Waals surface area contributed by atoms with E-state index >= 15 is 0 Å². The number of Topliss-reactive ketones (excluding diaryl/α,β-unsaturated/α-hetero) is 2. The molecule has 0 aliphatic carbocycles. The maximum absolute atomic E-state index is 13.1. The van der Waals surface area contributed by atoms with Crippen molar-refractivity contribution in [1.29, 1.82) is 0 Å². The Morgan fingerprint density at radius 1 is 1.11 bits per heavy atom. The molecule has 27 heavy (non-hydrogen) atoms. The van der Waals surface area contributed by atoms with Crippen molar-refractivity contribution in [2.24, 2.45) is 5.92 Å². The molecule has 0 spiro atoms. The molecule has 1 heterocycles. The summed E-state index contributed by atoms with van der Waals surface area (Å²) in [6.07, 6.45) is 0. The van der Waals surface area contributed by atoms with Crippen molar-refractivity contribution in [3.8, 4) is 0 Å². The zero-order chi connectivity index (χ0) is 19.6. The number of ether oxygens (including phenoxy) is 1. The van der Waals surface area contributed by atoms with Crippen molar-refractivity contribution in [3.63, 3.8) is 0 Å². The van der Waals surface area contributed by atoms with Crippen LogP contribution in [0.3, 0.4) is 0 Å². The van der Waals surface area contributed by atoms with Gasteiger partial charge in [0.05, 0.1) is 12.6 Å². The molecule has 5 nitrogen and oxygen atoms in total. The summed E-state index contributed by atoms with van der Waals surface area (Å²) in [6.45, 7) is 0.500. The SMILES string of the molecule is COCCN1C(=O)C(=O)C(C(=O)c2ccc(Cl)cc2)C1c1ccc(Br)cc1. The molecule has 0 radical (unpaired) electrons. The zero-order valence-corrected chi connectivity index (χ0v) is 16.9. The Bertz CT molecular complexity index is 867. The first kappa shape index (κ1) is 19.7. The first-order valence-electron chi connectivity index (χ1n) is 8.33. The van der Waals surface area contributed by atoms with Crippen LogP contribution < -0.4 is 0 Å². The number of likely N-dealkylation sites (tertiary alicyclic amines) is 1. The highest BCUT2D eigenvalue weighted by molar-refractivity contribution is 9.10. The number of carbonyl (C=O) groups excluding carboxylic acids is 3. The molecule has 7 heteroatoms. The molecule has 0 N–H and O–H groups in total. The number of hydrogen-bond donors (Lipinski definition) is 0. The Kier molecular flexibility index (Phi) is 6.09. The van der Waals surface area contributed by atoms with Crippen molar-refractivity contribution < 1.29 is 19.1 Å². The molecule has 2 aromatic carbocycles. The molecule has 1 saturated heterocycles. The molecule has 1 amide bonds. The van der Waals surface area contributed by atoms with Crippen molar-refractivity contribution in [1.82, 2.24) is 4.90 Å². The van der Waals surface area contributed by atoms with E-state index in [1.807, 2.05) is 24.3 Å². The second-order valence-electron chi connectivity index (χ2n) is 6.20. The van der Waals surface area contributed by atoms with Crippen LogP contribution in [-0.4, -0.2) is 42.6 Å². The topological polar surface area (TPSA) is 63.7 Å². The van der Waals surface area contributed by atoms with Gasteiger partial charge in [0.15, 0.2) is 5.78 Å². The lowest BCUT2D eigenvalue weighted by atomic mass is 9.86. The predicted octanol–water partition coefficient (Wildman–Crippen LogP) is 3.70. The molecule has 0 bridgehead atoms. The second-order valence-corrected chi connectivity index (χ2v) is 7.55. The van der Waals surface area contributed by atoms with Crippen LogP contribution in [-0.2, 0) is 14.3 Å². The summed E-state index contributed by atoms with van der Waals surface area (Å²) in [5.41, 5.74) is 1.07. The van der Waals surface area contributed by atoms with Gasteiger partial charge in [-0.2, -0.15) is 0 Å². The smallest absolute Gasteiger partial charge is 0.291 e. The second kappa shape index (κ2) is 8.33. The Hall–Kier alpha value is -2.02. The van der Waals surface area contributed by atoms with Crippen LogP contribution >= 0.6 is 27.5 Å². The highest BCUT2D eigenvalue weighted by Gasteiger charge is 2.51. The molecule has 140 valence electrons. The summed E-state index contributed by atoms with van der Waals surface area (Å²) in [4.78, 5) is 39.8. The third-order valence-corrected chi connectivity index (χ3v) is 5.35. The number of nitrogens with zero attached hydrogens (tertiary/aromatic N) is 1. The summed E-state index contributed by atoms with van der Waals surface area (Å²) in [7, 11) is 1.52. The van der Waals surface area contributed by atoms with Gasteiger partial charge in [-0.25, -0.2) is 0 Å². The van der Waals surface area contributed by atoms with Crippen LogP contribution in [0.25, 0.3) is 0 Å². The number of methoxy groups -OCH3 is 1. The van der Waals surface area contributed by atoms with Crippen LogP contribution in [0, 0.1) is 5.92 Å². The molecular weight excluding hydrogens is 434 g/mol.